The fourth-order valence-corrected chi connectivity index (χ4v) is 2.30. The second-order valence-electron chi connectivity index (χ2n) is 4.99. The molecule has 0 saturated heterocycles. The average molecular weight is 282 g/mol. The highest BCUT2D eigenvalue weighted by Crippen LogP contribution is 2.23. The van der Waals surface area contributed by atoms with Crippen LogP contribution in [0.3, 0.4) is 0 Å². The minimum Gasteiger partial charge on any atom is -0.382 e. The van der Waals surface area contributed by atoms with Gasteiger partial charge in [-0.3, -0.25) is 0 Å². The summed E-state index contributed by atoms with van der Waals surface area (Å²) in [5.41, 5.74) is 2.67. The molecule has 0 aliphatic rings. The summed E-state index contributed by atoms with van der Waals surface area (Å²) in [4.78, 5) is 0. The smallest absolute Gasteiger partial charge is 0.123 e. The summed E-state index contributed by atoms with van der Waals surface area (Å²) in [5, 5.41) is 14.7. The fraction of sp³-hybridized carbons (Fsp3) is 0.118. The predicted molar refractivity (Wildman–Crippen MR) is 78.8 cm³/mol. The Hall–Kier alpha value is -2.46. The Morgan fingerprint density at radius 2 is 1.86 bits per heavy atom. The van der Waals surface area contributed by atoms with Crippen LogP contribution in [-0.4, -0.2) is 14.9 Å². The second kappa shape index (κ2) is 5.50. The van der Waals surface area contributed by atoms with E-state index in [1.165, 1.54) is 12.1 Å². The van der Waals surface area contributed by atoms with Crippen LogP contribution in [0.25, 0.3) is 5.69 Å². The lowest BCUT2D eigenvalue weighted by Gasteiger charge is -2.09. The number of nitrogens with zero attached hydrogens (tertiary/aromatic N) is 2. The van der Waals surface area contributed by atoms with Crippen molar-refractivity contribution in [2.45, 2.75) is 13.0 Å². The number of aryl methyl sites for hydroxylation is 1. The first kappa shape index (κ1) is 13.5. The van der Waals surface area contributed by atoms with Crippen molar-refractivity contribution in [3.63, 3.8) is 0 Å². The summed E-state index contributed by atoms with van der Waals surface area (Å²) in [6.45, 7) is 1.79. The van der Waals surface area contributed by atoms with Gasteiger partial charge in [0.15, 0.2) is 0 Å². The van der Waals surface area contributed by atoms with Crippen molar-refractivity contribution in [2.75, 3.05) is 0 Å². The van der Waals surface area contributed by atoms with Crippen LogP contribution < -0.4 is 0 Å². The molecule has 106 valence electrons. The molecule has 0 fully saturated rings. The molecule has 3 rings (SSSR count). The lowest BCUT2D eigenvalue weighted by Crippen LogP contribution is -2.03. The minimum atomic E-state index is -0.940. The van der Waals surface area contributed by atoms with Gasteiger partial charge in [0.2, 0.25) is 0 Å². The highest BCUT2D eigenvalue weighted by atomic mass is 19.1. The number of aliphatic hydroxyl groups is 1. The number of para-hydroxylation sites is 1. The summed E-state index contributed by atoms with van der Waals surface area (Å²) in [6, 6.07) is 15.9. The number of rotatable bonds is 3. The maximum absolute atomic E-state index is 13.4. The van der Waals surface area contributed by atoms with E-state index in [-0.39, 0.29) is 5.82 Å². The first-order chi connectivity index (χ1) is 10.1. The Labute approximate surface area is 122 Å². The van der Waals surface area contributed by atoms with Gasteiger partial charge in [0.1, 0.15) is 11.9 Å². The van der Waals surface area contributed by atoms with E-state index in [0.29, 0.717) is 11.3 Å². The van der Waals surface area contributed by atoms with Crippen LogP contribution in [0.15, 0.2) is 60.8 Å². The van der Waals surface area contributed by atoms with Crippen LogP contribution >= 0.6 is 0 Å². The number of halogens is 1. The number of hydrogen-bond donors (Lipinski definition) is 1. The van der Waals surface area contributed by atoms with E-state index in [1.807, 2.05) is 30.3 Å². The maximum Gasteiger partial charge on any atom is 0.123 e. The van der Waals surface area contributed by atoms with Crippen LogP contribution in [0, 0.1) is 12.7 Å². The van der Waals surface area contributed by atoms with Crippen LogP contribution in [-0.2, 0) is 0 Å². The van der Waals surface area contributed by atoms with E-state index in [1.54, 1.807) is 29.9 Å². The topological polar surface area (TPSA) is 38.0 Å². The van der Waals surface area contributed by atoms with Crippen molar-refractivity contribution < 1.29 is 9.50 Å². The Morgan fingerprint density at radius 3 is 2.57 bits per heavy atom. The molecule has 3 nitrogen and oxygen atoms in total. The van der Waals surface area contributed by atoms with E-state index >= 15 is 0 Å². The molecule has 1 aromatic heterocycles. The Kier molecular flexibility index (Phi) is 3.54. The zero-order valence-electron chi connectivity index (χ0n) is 11.6. The molecule has 0 bridgehead atoms. The van der Waals surface area contributed by atoms with Crippen molar-refractivity contribution in [1.82, 2.24) is 9.78 Å². The fourth-order valence-electron chi connectivity index (χ4n) is 2.30. The van der Waals surface area contributed by atoms with E-state index in [9.17, 15) is 9.50 Å². The zero-order chi connectivity index (χ0) is 14.8. The lowest BCUT2D eigenvalue weighted by atomic mass is 10.0. The molecule has 1 unspecified atom stereocenters. The number of hydrogen-bond acceptors (Lipinski definition) is 2. The summed E-state index contributed by atoms with van der Waals surface area (Å²) < 4.78 is 15.1. The predicted octanol–water partition coefficient (Wildman–Crippen LogP) is 3.40. The number of aliphatic hydroxyl groups excluding tert-OH is 1. The molecule has 3 aromatic rings. The molecule has 2 aromatic carbocycles. The molecule has 1 N–H and O–H groups in total. The standard InChI is InChI=1S/C17H15FN2O/c1-12-9-13(11-14(18)10-12)17(21)16-7-8-20(19-16)15-5-3-2-4-6-15/h2-11,17,21H,1H3. The van der Waals surface area contributed by atoms with Gasteiger partial charge in [0.25, 0.3) is 0 Å². The largest absolute Gasteiger partial charge is 0.382 e. The van der Waals surface area contributed by atoms with Crippen molar-refractivity contribution in [2.24, 2.45) is 0 Å². The molecule has 1 heterocycles. The molecule has 21 heavy (non-hydrogen) atoms. The molecule has 0 amide bonds. The van der Waals surface area contributed by atoms with Gasteiger partial charge in [-0.05, 0) is 48.4 Å². The molecule has 0 saturated carbocycles. The number of aromatic nitrogens is 2. The molecule has 0 aliphatic carbocycles. The van der Waals surface area contributed by atoms with Gasteiger partial charge in [0, 0.05) is 6.20 Å². The Morgan fingerprint density at radius 1 is 1.10 bits per heavy atom. The summed E-state index contributed by atoms with van der Waals surface area (Å²) in [5.74, 6) is -0.355. The van der Waals surface area contributed by atoms with Gasteiger partial charge >= 0.3 is 0 Å². The molecular weight excluding hydrogens is 267 g/mol. The van der Waals surface area contributed by atoms with E-state index in [0.717, 1.165) is 11.3 Å². The zero-order valence-corrected chi connectivity index (χ0v) is 11.6. The molecule has 0 aliphatic heterocycles. The van der Waals surface area contributed by atoms with Crippen LogP contribution in [0.5, 0.6) is 0 Å². The molecule has 0 spiro atoms. The third-order valence-corrected chi connectivity index (χ3v) is 3.29. The lowest BCUT2D eigenvalue weighted by molar-refractivity contribution is 0.214. The molecule has 4 heteroatoms. The summed E-state index contributed by atoms with van der Waals surface area (Å²) in [6.07, 6.45) is 0.837. The van der Waals surface area contributed by atoms with E-state index < -0.39 is 6.10 Å². The van der Waals surface area contributed by atoms with Gasteiger partial charge < -0.3 is 5.11 Å². The average Bonchev–Trinajstić information content (AvgIpc) is 2.96. The van der Waals surface area contributed by atoms with Crippen LogP contribution in [0.4, 0.5) is 4.39 Å². The first-order valence-corrected chi connectivity index (χ1v) is 6.69. The van der Waals surface area contributed by atoms with E-state index in [2.05, 4.69) is 5.10 Å². The molecule has 1 atom stereocenters. The third-order valence-electron chi connectivity index (χ3n) is 3.29. The van der Waals surface area contributed by atoms with Gasteiger partial charge in [-0.15, -0.1) is 0 Å². The highest BCUT2D eigenvalue weighted by molar-refractivity contribution is 5.33. The van der Waals surface area contributed by atoms with Gasteiger partial charge in [-0.2, -0.15) is 5.10 Å². The SMILES string of the molecule is Cc1cc(F)cc(C(O)c2ccn(-c3ccccc3)n2)c1. The van der Waals surface area contributed by atoms with Crippen molar-refractivity contribution in [1.29, 1.82) is 0 Å². The van der Waals surface area contributed by atoms with Crippen LogP contribution in [0.1, 0.15) is 22.9 Å². The van der Waals surface area contributed by atoms with Crippen molar-refractivity contribution >= 4 is 0 Å². The normalized spacial score (nSPS) is 12.3. The summed E-state index contributed by atoms with van der Waals surface area (Å²) >= 11 is 0. The first-order valence-electron chi connectivity index (χ1n) is 6.69. The molecule has 0 radical (unpaired) electrons. The van der Waals surface area contributed by atoms with Gasteiger partial charge in [0.05, 0.1) is 11.4 Å². The van der Waals surface area contributed by atoms with Crippen molar-refractivity contribution in [3.8, 4) is 5.69 Å². The monoisotopic (exact) mass is 282 g/mol. The van der Waals surface area contributed by atoms with E-state index in [4.69, 9.17) is 0 Å². The van der Waals surface area contributed by atoms with Gasteiger partial charge in [-0.25, -0.2) is 9.07 Å². The quantitative estimate of drug-likeness (QED) is 0.799. The third kappa shape index (κ3) is 2.85. The highest BCUT2D eigenvalue weighted by Gasteiger charge is 2.15. The minimum absolute atomic E-state index is 0.355. The molecular formula is C17H15FN2O. The van der Waals surface area contributed by atoms with Crippen LogP contribution in [0.2, 0.25) is 0 Å². The summed E-state index contributed by atoms with van der Waals surface area (Å²) in [7, 11) is 0. The van der Waals surface area contributed by atoms with Gasteiger partial charge in [-0.1, -0.05) is 24.3 Å². The second-order valence-corrected chi connectivity index (χ2v) is 4.99. The van der Waals surface area contributed by atoms with Crippen molar-refractivity contribution in [3.05, 3.63) is 83.4 Å². The Bertz CT molecular complexity index is 732. The number of benzene rings is 2. The maximum atomic E-state index is 13.4. The Balaban J connectivity index is 1.92.